The van der Waals surface area contributed by atoms with Crippen LogP contribution in [0.1, 0.15) is 62.7 Å². The van der Waals surface area contributed by atoms with Gasteiger partial charge in [-0.3, -0.25) is 0 Å². The molecule has 1 nitrogen and oxygen atoms in total. The van der Waals surface area contributed by atoms with E-state index in [0.717, 1.165) is 24.3 Å². The Hall–Kier alpha value is -0.820. The summed E-state index contributed by atoms with van der Waals surface area (Å²) in [4.78, 5) is 0. The molecule has 1 N–H and O–H groups in total. The van der Waals surface area contributed by atoms with E-state index in [4.69, 9.17) is 0 Å². The third-order valence-corrected chi connectivity index (χ3v) is 4.05. The minimum Gasteiger partial charge on any atom is -0.388 e. The van der Waals surface area contributed by atoms with Gasteiger partial charge < -0.3 is 5.11 Å². The molecule has 1 aliphatic carbocycles. The van der Waals surface area contributed by atoms with Crippen LogP contribution in [-0.2, 0) is 6.42 Å². The Morgan fingerprint density at radius 3 is 2.35 bits per heavy atom. The van der Waals surface area contributed by atoms with Gasteiger partial charge in [-0.2, -0.15) is 0 Å². The Morgan fingerprint density at radius 2 is 1.76 bits per heavy atom. The summed E-state index contributed by atoms with van der Waals surface area (Å²) in [5, 5.41) is 10.2. The molecule has 0 bridgehead atoms. The van der Waals surface area contributed by atoms with Crippen LogP contribution in [-0.4, -0.2) is 5.11 Å². The first-order chi connectivity index (χ1) is 8.29. The zero-order valence-corrected chi connectivity index (χ0v) is 10.9. The van der Waals surface area contributed by atoms with Gasteiger partial charge in [-0.25, -0.2) is 0 Å². The molecule has 1 aliphatic rings. The van der Waals surface area contributed by atoms with Crippen molar-refractivity contribution in [2.24, 2.45) is 5.92 Å². The van der Waals surface area contributed by atoms with Gasteiger partial charge in [-0.1, -0.05) is 63.3 Å². The molecule has 0 aliphatic heterocycles. The second-order valence-electron chi connectivity index (χ2n) is 5.35. The molecule has 0 spiro atoms. The molecule has 94 valence electrons. The summed E-state index contributed by atoms with van der Waals surface area (Å²) in [5.41, 5.74) is 2.44. The summed E-state index contributed by atoms with van der Waals surface area (Å²) in [6, 6.07) is 8.46. The summed E-state index contributed by atoms with van der Waals surface area (Å²) < 4.78 is 0. The van der Waals surface area contributed by atoms with Gasteiger partial charge >= 0.3 is 0 Å². The fourth-order valence-corrected chi connectivity index (χ4v) is 2.85. The molecule has 1 aromatic rings. The van der Waals surface area contributed by atoms with Crippen molar-refractivity contribution < 1.29 is 5.11 Å². The lowest BCUT2D eigenvalue weighted by Gasteiger charge is -2.24. The van der Waals surface area contributed by atoms with Crippen molar-refractivity contribution >= 4 is 0 Å². The van der Waals surface area contributed by atoms with Gasteiger partial charge in [0.15, 0.2) is 0 Å². The van der Waals surface area contributed by atoms with E-state index in [9.17, 15) is 5.11 Å². The van der Waals surface area contributed by atoms with Gasteiger partial charge in [0.1, 0.15) is 0 Å². The van der Waals surface area contributed by atoms with Crippen molar-refractivity contribution in [1.82, 2.24) is 0 Å². The average Bonchev–Trinajstić information content (AvgIpc) is 2.40. The molecule has 0 aromatic heterocycles. The quantitative estimate of drug-likeness (QED) is 0.822. The Labute approximate surface area is 105 Å². The average molecular weight is 232 g/mol. The zero-order valence-electron chi connectivity index (χ0n) is 10.9. The van der Waals surface area contributed by atoms with Crippen molar-refractivity contribution in [3.05, 3.63) is 35.4 Å². The number of aliphatic hydroxyl groups is 1. The maximum atomic E-state index is 10.2. The van der Waals surface area contributed by atoms with Crippen LogP contribution in [0.25, 0.3) is 0 Å². The minimum atomic E-state index is -0.260. The molecule has 1 aromatic carbocycles. The third kappa shape index (κ3) is 3.57. The maximum absolute atomic E-state index is 10.2. The number of aliphatic hydroxyl groups excluding tert-OH is 1. The predicted molar refractivity (Wildman–Crippen MR) is 72.0 cm³/mol. The zero-order chi connectivity index (χ0) is 12.1. The van der Waals surface area contributed by atoms with E-state index in [1.54, 1.807) is 0 Å². The monoisotopic (exact) mass is 232 g/mol. The van der Waals surface area contributed by atoms with Crippen LogP contribution in [0.5, 0.6) is 0 Å². The van der Waals surface area contributed by atoms with Gasteiger partial charge in [0.25, 0.3) is 0 Å². The van der Waals surface area contributed by atoms with Crippen LogP contribution >= 0.6 is 0 Å². The van der Waals surface area contributed by atoms with E-state index in [-0.39, 0.29) is 6.10 Å². The fraction of sp³-hybridized carbons (Fsp3) is 0.625. The minimum absolute atomic E-state index is 0.260. The molecular formula is C16H24O. The van der Waals surface area contributed by atoms with E-state index >= 15 is 0 Å². The Bertz CT molecular complexity index is 322. The highest BCUT2D eigenvalue weighted by atomic mass is 16.3. The van der Waals surface area contributed by atoms with Gasteiger partial charge in [-0.05, 0) is 29.9 Å². The Morgan fingerprint density at radius 1 is 1.12 bits per heavy atom. The molecule has 0 radical (unpaired) electrons. The van der Waals surface area contributed by atoms with Crippen LogP contribution in [0.15, 0.2) is 24.3 Å². The second-order valence-corrected chi connectivity index (χ2v) is 5.35. The highest BCUT2D eigenvalue weighted by Gasteiger charge is 2.18. The first-order valence-corrected chi connectivity index (χ1v) is 7.06. The lowest BCUT2D eigenvalue weighted by Crippen LogP contribution is -2.11. The molecule has 1 saturated carbocycles. The van der Waals surface area contributed by atoms with Gasteiger partial charge in [0.2, 0.25) is 0 Å². The summed E-state index contributed by atoms with van der Waals surface area (Å²) in [6.45, 7) is 2.16. The van der Waals surface area contributed by atoms with Crippen LogP contribution in [0.3, 0.4) is 0 Å². The smallest absolute Gasteiger partial charge is 0.0792 e. The van der Waals surface area contributed by atoms with Gasteiger partial charge in [0.05, 0.1) is 6.10 Å². The van der Waals surface area contributed by atoms with Crippen molar-refractivity contribution in [3.8, 4) is 0 Å². The lowest BCUT2D eigenvalue weighted by atomic mass is 9.84. The fourth-order valence-electron chi connectivity index (χ4n) is 2.85. The second kappa shape index (κ2) is 6.20. The molecule has 0 amide bonds. The molecule has 0 heterocycles. The van der Waals surface area contributed by atoms with Crippen LogP contribution < -0.4 is 0 Å². The summed E-state index contributed by atoms with van der Waals surface area (Å²) in [7, 11) is 0. The van der Waals surface area contributed by atoms with E-state index in [0.29, 0.717) is 0 Å². The largest absolute Gasteiger partial charge is 0.388 e. The summed E-state index contributed by atoms with van der Waals surface area (Å²) in [6.07, 6.45) is 8.47. The van der Waals surface area contributed by atoms with Crippen LogP contribution in [0.2, 0.25) is 0 Å². The van der Waals surface area contributed by atoms with Crippen molar-refractivity contribution in [2.45, 2.75) is 58.0 Å². The molecule has 1 heteroatoms. The molecular weight excluding hydrogens is 208 g/mol. The summed E-state index contributed by atoms with van der Waals surface area (Å²) >= 11 is 0. The van der Waals surface area contributed by atoms with Crippen LogP contribution in [0.4, 0.5) is 0 Å². The van der Waals surface area contributed by atoms with Crippen molar-refractivity contribution in [2.75, 3.05) is 0 Å². The standard InChI is InChI=1S/C16H24O/c1-2-13-8-10-15(11-9-13)16(17)12-14-6-4-3-5-7-14/h8-11,14,16-17H,2-7,12H2,1H3. The Kier molecular flexibility index (Phi) is 4.61. The molecule has 2 rings (SSSR count). The molecule has 0 saturated heterocycles. The first kappa shape index (κ1) is 12.6. The topological polar surface area (TPSA) is 20.2 Å². The van der Waals surface area contributed by atoms with Gasteiger partial charge in [-0.15, -0.1) is 0 Å². The van der Waals surface area contributed by atoms with Crippen LogP contribution in [0, 0.1) is 5.92 Å². The molecule has 1 fully saturated rings. The van der Waals surface area contributed by atoms with Crippen molar-refractivity contribution in [1.29, 1.82) is 0 Å². The molecule has 1 atom stereocenters. The molecule has 17 heavy (non-hydrogen) atoms. The lowest BCUT2D eigenvalue weighted by molar-refractivity contribution is 0.131. The van der Waals surface area contributed by atoms with Gasteiger partial charge in [0, 0.05) is 0 Å². The number of aryl methyl sites for hydroxylation is 1. The number of hydrogen-bond acceptors (Lipinski definition) is 1. The summed E-state index contributed by atoms with van der Waals surface area (Å²) in [5.74, 6) is 0.740. The predicted octanol–water partition coefficient (Wildman–Crippen LogP) is 4.25. The van der Waals surface area contributed by atoms with E-state index in [1.807, 2.05) is 0 Å². The first-order valence-electron chi connectivity index (χ1n) is 7.06. The van der Waals surface area contributed by atoms with E-state index in [2.05, 4.69) is 31.2 Å². The highest BCUT2D eigenvalue weighted by Crippen LogP contribution is 2.31. The van der Waals surface area contributed by atoms with Crippen molar-refractivity contribution in [3.63, 3.8) is 0 Å². The number of benzene rings is 1. The normalized spacial score (nSPS) is 19.2. The Balaban J connectivity index is 1.91. The highest BCUT2D eigenvalue weighted by molar-refractivity contribution is 5.24. The van der Waals surface area contributed by atoms with E-state index < -0.39 is 0 Å². The van der Waals surface area contributed by atoms with E-state index in [1.165, 1.54) is 37.7 Å². The third-order valence-electron chi connectivity index (χ3n) is 4.05. The molecule has 1 unspecified atom stereocenters. The SMILES string of the molecule is CCc1ccc(C(O)CC2CCCCC2)cc1. The maximum Gasteiger partial charge on any atom is 0.0792 e. The number of rotatable bonds is 4. The number of hydrogen-bond donors (Lipinski definition) is 1.